The van der Waals surface area contributed by atoms with Gasteiger partial charge in [-0.05, 0) is 61.8 Å². The van der Waals surface area contributed by atoms with Crippen LogP contribution in [0.25, 0.3) is 5.69 Å². The number of benzene rings is 1. The highest BCUT2D eigenvalue weighted by Gasteiger charge is 2.40. The quantitative estimate of drug-likeness (QED) is 0.911. The number of carbonyl (C=O) groups excluding carboxylic acids is 1. The first-order valence-corrected chi connectivity index (χ1v) is 8.85. The normalized spacial score (nSPS) is 29.2. The predicted octanol–water partition coefficient (Wildman–Crippen LogP) is 2.96. The summed E-state index contributed by atoms with van der Waals surface area (Å²) < 4.78 is 1.94. The molecule has 5 nitrogen and oxygen atoms in total. The Hall–Kier alpha value is -2.14. The predicted molar refractivity (Wildman–Crippen MR) is 93.7 cm³/mol. The molecule has 24 heavy (non-hydrogen) atoms. The van der Waals surface area contributed by atoms with Crippen molar-refractivity contribution in [2.75, 3.05) is 5.32 Å². The molecule has 0 aliphatic heterocycles. The van der Waals surface area contributed by atoms with Gasteiger partial charge in [0.1, 0.15) is 0 Å². The molecule has 4 rings (SSSR count). The van der Waals surface area contributed by atoms with Crippen LogP contribution in [0.1, 0.15) is 32.1 Å². The van der Waals surface area contributed by atoms with Crippen molar-refractivity contribution in [3.63, 3.8) is 0 Å². The average molecular weight is 324 g/mol. The van der Waals surface area contributed by atoms with Crippen molar-refractivity contribution in [1.29, 1.82) is 0 Å². The molecule has 1 aromatic heterocycles. The second-order valence-corrected chi connectivity index (χ2v) is 7.20. The Morgan fingerprint density at radius 3 is 2.50 bits per heavy atom. The summed E-state index contributed by atoms with van der Waals surface area (Å²) in [7, 11) is 0. The Balaban J connectivity index is 1.41. The second kappa shape index (κ2) is 6.40. The van der Waals surface area contributed by atoms with Crippen molar-refractivity contribution in [2.24, 2.45) is 23.5 Å². The number of hydrogen-bond donors (Lipinski definition) is 2. The number of aromatic nitrogens is 2. The van der Waals surface area contributed by atoms with Crippen LogP contribution in [0.3, 0.4) is 0 Å². The Morgan fingerprint density at radius 2 is 1.88 bits per heavy atom. The summed E-state index contributed by atoms with van der Waals surface area (Å²) in [6, 6.07) is 8.17. The van der Waals surface area contributed by atoms with E-state index in [4.69, 9.17) is 5.73 Å². The van der Waals surface area contributed by atoms with Gasteiger partial charge >= 0.3 is 0 Å². The van der Waals surface area contributed by atoms with E-state index in [9.17, 15) is 4.79 Å². The van der Waals surface area contributed by atoms with Gasteiger partial charge in [-0.2, -0.15) is 0 Å². The Morgan fingerprint density at radius 1 is 1.17 bits per heavy atom. The number of rotatable bonds is 3. The molecule has 126 valence electrons. The van der Waals surface area contributed by atoms with Gasteiger partial charge < -0.3 is 15.6 Å². The van der Waals surface area contributed by atoms with Crippen LogP contribution in [-0.2, 0) is 4.79 Å². The number of hydrogen-bond acceptors (Lipinski definition) is 3. The zero-order chi connectivity index (χ0) is 16.5. The largest absolute Gasteiger partial charge is 0.327 e. The topological polar surface area (TPSA) is 72.9 Å². The minimum atomic E-state index is 0.105. The van der Waals surface area contributed by atoms with Crippen molar-refractivity contribution in [3.8, 4) is 5.69 Å². The lowest BCUT2D eigenvalue weighted by molar-refractivity contribution is -0.122. The highest BCUT2D eigenvalue weighted by atomic mass is 16.1. The van der Waals surface area contributed by atoms with Gasteiger partial charge in [0, 0.05) is 35.7 Å². The fourth-order valence-electron chi connectivity index (χ4n) is 4.38. The highest BCUT2D eigenvalue weighted by molar-refractivity contribution is 5.92. The van der Waals surface area contributed by atoms with Gasteiger partial charge in [-0.15, -0.1) is 0 Å². The summed E-state index contributed by atoms with van der Waals surface area (Å²) in [5.74, 6) is 1.30. The van der Waals surface area contributed by atoms with Gasteiger partial charge in [-0.1, -0.05) is 6.42 Å². The third-order valence-corrected chi connectivity index (χ3v) is 5.72. The summed E-state index contributed by atoms with van der Waals surface area (Å²) in [6.07, 6.45) is 10.9. The Kier molecular flexibility index (Phi) is 4.10. The smallest absolute Gasteiger partial charge is 0.227 e. The molecule has 2 saturated carbocycles. The lowest BCUT2D eigenvalue weighted by Gasteiger charge is -2.43. The number of anilines is 1. The maximum Gasteiger partial charge on any atom is 0.227 e. The molecule has 2 atom stereocenters. The van der Waals surface area contributed by atoms with Crippen LogP contribution < -0.4 is 11.1 Å². The molecule has 0 saturated heterocycles. The summed E-state index contributed by atoms with van der Waals surface area (Å²) in [6.45, 7) is 0. The third kappa shape index (κ3) is 2.96. The molecule has 2 bridgehead atoms. The van der Waals surface area contributed by atoms with Crippen molar-refractivity contribution in [3.05, 3.63) is 43.0 Å². The molecular weight excluding hydrogens is 300 g/mol. The van der Waals surface area contributed by atoms with Gasteiger partial charge in [-0.25, -0.2) is 4.98 Å². The van der Waals surface area contributed by atoms with E-state index in [1.54, 1.807) is 12.5 Å². The number of nitrogens with zero attached hydrogens (tertiary/aromatic N) is 2. The van der Waals surface area contributed by atoms with Crippen LogP contribution >= 0.6 is 0 Å². The van der Waals surface area contributed by atoms with E-state index in [1.807, 2.05) is 35.0 Å². The van der Waals surface area contributed by atoms with E-state index < -0.39 is 0 Å². The first-order valence-electron chi connectivity index (χ1n) is 8.85. The van der Waals surface area contributed by atoms with Crippen LogP contribution in [0.4, 0.5) is 5.69 Å². The van der Waals surface area contributed by atoms with E-state index >= 15 is 0 Å². The lowest BCUT2D eigenvalue weighted by Crippen LogP contribution is -2.48. The Bertz CT molecular complexity index is 681. The van der Waals surface area contributed by atoms with E-state index in [0.29, 0.717) is 17.9 Å². The molecule has 1 aromatic carbocycles. The molecule has 2 aliphatic rings. The average Bonchev–Trinajstić information content (AvgIpc) is 3.09. The van der Waals surface area contributed by atoms with Crippen molar-refractivity contribution < 1.29 is 4.79 Å². The van der Waals surface area contributed by atoms with Gasteiger partial charge in [-0.3, -0.25) is 4.79 Å². The van der Waals surface area contributed by atoms with Gasteiger partial charge in [0.25, 0.3) is 0 Å². The molecule has 2 aliphatic carbocycles. The van der Waals surface area contributed by atoms with E-state index in [2.05, 4.69) is 10.3 Å². The molecule has 2 unspecified atom stereocenters. The number of imidazole rings is 1. The fraction of sp³-hybridized carbons (Fsp3) is 0.474. The summed E-state index contributed by atoms with van der Waals surface area (Å²) in [5, 5.41) is 3.08. The molecule has 0 radical (unpaired) electrons. The summed E-state index contributed by atoms with van der Waals surface area (Å²) in [4.78, 5) is 16.7. The number of nitrogens with one attached hydrogen (secondary N) is 1. The monoisotopic (exact) mass is 324 g/mol. The minimum Gasteiger partial charge on any atom is -0.327 e. The molecule has 5 heteroatoms. The molecule has 1 amide bonds. The molecule has 1 heterocycles. The zero-order valence-electron chi connectivity index (χ0n) is 13.8. The standard InChI is InChI=1S/C19H24N4O/c20-18-13-2-1-3-14(18)11-15(10-13)19(24)22-16-4-6-17(7-5-16)23-9-8-21-12-23/h4-9,12-15,18H,1-3,10-11,20H2,(H,22,24). The van der Waals surface area contributed by atoms with Crippen LogP contribution in [-0.4, -0.2) is 21.5 Å². The number of fused-ring (bicyclic) bond motifs is 2. The molecule has 2 aromatic rings. The highest BCUT2D eigenvalue weighted by Crippen LogP contribution is 2.42. The van der Waals surface area contributed by atoms with E-state index in [0.717, 1.165) is 24.2 Å². The van der Waals surface area contributed by atoms with Crippen LogP contribution in [0.15, 0.2) is 43.0 Å². The second-order valence-electron chi connectivity index (χ2n) is 7.20. The van der Waals surface area contributed by atoms with Gasteiger partial charge in [0.05, 0.1) is 6.33 Å². The number of carbonyl (C=O) groups is 1. The van der Waals surface area contributed by atoms with Crippen molar-refractivity contribution in [2.45, 2.75) is 38.1 Å². The van der Waals surface area contributed by atoms with Gasteiger partial charge in [0.2, 0.25) is 5.91 Å². The molecular formula is C19H24N4O. The maximum atomic E-state index is 12.7. The Labute approximate surface area is 142 Å². The molecule has 3 N–H and O–H groups in total. The van der Waals surface area contributed by atoms with Crippen LogP contribution in [0.5, 0.6) is 0 Å². The summed E-state index contributed by atoms with van der Waals surface area (Å²) >= 11 is 0. The SMILES string of the molecule is NC1C2CCCC1CC(C(=O)Nc1ccc(-n3ccnc3)cc1)C2. The minimum absolute atomic E-state index is 0.105. The van der Waals surface area contributed by atoms with Crippen LogP contribution in [0, 0.1) is 17.8 Å². The lowest BCUT2D eigenvalue weighted by atomic mass is 9.65. The first-order chi connectivity index (χ1) is 11.7. The zero-order valence-corrected chi connectivity index (χ0v) is 13.8. The number of amides is 1. The summed E-state index contributed by atoms with van der Waals surface area (Å²) in [5.41, 5.74) is 8.21. The van der Waals surface area contributed by atoms with E-state index in [-0.39, 0.29) is 11.8 Å². The molecule has 0 spiro atoms. The van der Waals surface area contributed by atoms with Crippen molar-refractivity contribution in [1.82, 2.24) is 9.55 Å². The maximum absolute atomic E-state index is 12.7. The first kappa shape index (κ1) is 15.4. The van der Waals surface area contributed by atoms with Crippen molar-refractivity contribution >= 4 is 11.6 Å². The van der Waals surface area contributed by atoms with E-state index in [1.165, 1.54) is 19.3 Å². The molecule has 2 fully saturated rings. The van der Waals surface area contributed by atoms with Crippen LogP contribution in [0.2, 0.25) is 0 Å². The third-order valence-electron chi connectivity index (χ3n) is 5.72. The van der Waals surface area contributed by atoms with Gasteiger partial charge in [0.15, 0.2) is 0 Å². The fourth-order valence-corrected chi connectivity index (χ4v) is 4.38. The number of nitrogens with two attached hydrogens (primary N) is 1.